The largest absolute Gasteiger partial charge is 0.380 e. The Hall–Kier alpha value is -2.33. The first-order chi connectivity index (χ1) is 10.1. The van der Waals surface area contributed by atoms with Crippen LogP contribution in [0.3, 0.4) is 0 Å². The van der Waals surface area contributed by atoms with Crippen LogP contribution in [0.1, 0.15) is 5.56 Å². The van der Waals surface area contributed by atoms with Crippen LogP contribution >= 0.6 is 11.6 Å². The lowest BCUT2D eigenvalue weighted by molar-refractivity contribution is 0.436. The molecule has 106 valence electrons. The summed E-state index contributed by atoms with van der Waals surface area (Å²) in [7, 11) is 0. The maximum atomic E-state index is 13.6. The molecule has 0 amide bonds. The van der Waals surface area contributed by atoms with Crippen LogP contribution in [0.2, 0.25) is 5.02 Å². The van der Waals surface area contributed by atoms with E-state index in [4.69, 9.17) is 21.9 Å². The summed E-state index contributed by atoms with van der Waals surface area (Å²) in [5.41, 5.74) is 9.06. The number of rotatable bonds is 2. The zero-order chi connectivity index (χ0) is 15.0. The highest BCUT2D eigenvalue weighted by Crippen LogP contribution is 2.37. The topological polar surface area (TPSA) is 52.0 Å². The molecule has 0 aliphatic carbocycles. The van der Waals surface area contributed by atoms with Crippen LogP contribution in [0.5, 0.6) is 0 Å². The van der Waals surface area contributed by atoms with Gasteiger partial charge in [0.1, 0.15) is 5.82 Å². The highest BCUT2D eigenvalue weighted by Gasteiger charge is 2.18. The summed E-state index contributed by atoms with van der Waals surface area (Å²) in [6, 6.07) is 12.2. The lowest BCUT2D eigenvalue weighted by atomic mass is 10.00. The van der Waals surface area contributed by atoms with Crippen LogP contribution in [0.25, 0.3) is 22.5 Å². The number of benzene rings is 2. The molecular formula is C16H12ClFN2O. The molecule has 0 fully saturated rings. The third kappa shape index (κ3) is 2.50. The molecule has 0 bridgehead atoms. The number of nitrogens with two attached hydrogens (primary N) is 1. The van der Waals surface area contributed by atoms with Gasteiger partial charge in [-0.3, -0.25) is 0 Å². The molecule has 0 unspecified atom stereocenters. The van der Waals surface area contributed by atoms with E-state index in [1.807, 2.05) is 31.2 Å². The van der Waals surface area contributed by atoms with Crippen molar-refractivity contribution in [2.45, 2.75) is 6.92 Å². The average Bonchev–Trinajstić information content (AvgIpc) is 2.84. The van der Waals surface area contributed by atoms with Crippen LogP contribution in [0.15, 0.2) is 47.0 Å². The molecule has 2 aromatic carbocycles. The molecule has 0 aliphatic rings. The van der Waals surface area contributed by atoms with E-state index < -0.39 is 5.82 Å². The van der Waals surface area contributed by atoms with Crippen LogP contribution in [-0.2, 0) is 0 Å². The molecule has 21 heavy (non-hydrogen) atoms. The predicted octanol–water partition coefficient (Wildman–Crippen LogP) is 4.69. The molecule has 0 saturated carbocycles. The number of nitrogens with zero attached hydrogens (tertiary/aromatic N) is 1. The molecular weight excluding hydrogens is 291 g/mol. The summed E-state index contributed by atoms with van der Waals surface area (Å²) in [4.78, 5) is 0. The van der Waals surface area contributed by atoms with Gasteiger partial charge in [-0.25, -0.2) is 4.39 Å². The Kier molecular flexibility index (Phi) is 3.39. The van der Waals surface area contributed by atoms with Crippen molar-refractivity contribution in [3.8, 4) is 22.5 Å². The minimum absolute atomic E-state index is 0.0587. The maximum absolute atomic E-state index is 13.6. The fourth-order valence-corrected chi connectivity index (χ4v) is 2.33. The summed E-state index contributed by atoms with van der Waals surface area (Å²) in [5, 5.41) is 3.86. The van der Waals surface area contributed by atoms with Gasteiger partial charge in [-0.1, -0.05) is 46.6 Å². The third-order valence-corrected chi connectivity index (χ3v) is 3.51. The molecule has 3 aromatic rings. The Morgan fingerprint density at radius 2 is 1.95 bits per heavy atom. The quantitative estimate of drug-likeness (QED) is 0.747. The van der Waals surface area contributed by atoms with Gasteiger partial charge in [-0.05, 0) is 30.7 Å². The van der Waals surface area contributed by atoms with Crippen molar-refractivity contribution in [2.75, 3.05) is 5.73 Å². The van der Waals surface area contributed by atoms with Crippen molar-refractivity contribution in [3.05, 3.63) is 58.9 Å². The van der Waals surface area contributed by atoms with Crippen molar-refractivity contribution in [2.24, 2.45) is 0 Å². The second-order valence-corrected chi connectivity index (χ2v) is 5.18. The second kappa shape index (κ2) is 5.22. The van der Waals surface area contributed by atoms with E-state index in [1.54, 1.807) is 6.07 Å². The molecule has 3 rings (SSSR count). The van der Waals surface area contributed by atoms with E-state index >= 15 is 0 Å². The van der Waals surface area contributed by atoms with Gasteiger partial charge < -0.3 is 10.3 Å². The molecule has 5 heteroatoms. The number of hydrogen-bond donors (Lipinski definition) is 1. The first kappa shape index (κ1) is 13.6. The molecule has 2 N–H and O–H groups in total. The molecule has 0 spiro atoms. The number of anilines is 1. The minimum Gasteiger partial charge on any atom is -0.380 e. The lowest BCUT2D eigenvalue weighted by Gasteiger charge is -2.04. The smallest absolute Gasteiger partial charge is 0.177 e. The van der Waals surface area contributed by atoms with Gasteiger partial charge in [0.05, 0.1) is 10.6 Å². The monoisotopic (exact) mass is 302 g/mol. The van der Waals surface area contributed by atoms with E-state index in [2.05, 4.69) is 5.16 Å². The average molecular weight is 303 g/mol. The van der Waals surface area contributed by atoms with Gasteiger partial charge in [0.25, 0.3) is 0 Å². The zero-order valence-electron chi connectivity index (χ0n) is 11.2. The first-order valence-corrected chi connectivity index (χ1v) is 6.71. The van der Waals surface area contributed by atoms with Gasteiger partial charge in [0.2, 0.25) is 0 Å². The predicted molar refractivity (Wildman–Crippen MR) is 81.5 cm³/mol. The van der Waals surface area contributed by atoms with Crippen LogP contribution in [0, 0.1) is 12.7 Å². The zero-order valence-corrected chi connectivity index (χ0v) is 12.0. The normalized spacial score (nSPS) is 10.8. The fourth-order valence-electron chi connectivity index (χ4n) is 2.22. The number of aryl methyl sites for hydroxylation is 1. The third-order valence-electron chi connectivity index (χ3n) is 3.21. The lowest BCUT2D eigenvalue weighted by Crippen LogP contribution is -1.89. The Morgan fingerprint density at radius 3 is 2.67 bits per heavy atom. The van der Waals surface area contributed by atoms with E-state index in [1.165, 1.54) is 12.1 Å². The molecule has 0 atom stereocenters. The number of halogens is 2. The summed E-state index contributed by atoms with van der Waals surface area (Å²) < 4.78 is 18.9. The van der Waals surface area contributed by atoms with Crippen LogP contribution in [0.4, 0.5) is 10.2 Å². The highest BCUT2D eigenvalue weighted by molar-refractivity contribution is 6.30. The number of aromatic nitrogens is 1. The summed E-state index contributed by atoms with van der Waals surface area (Å²) in [6.07, 6.45) is 0. The Morgan fingerprint density at radius 1 is 1.14 bits per heavy atom. The summed E-state index contributed by atoms with van der Waals surface area (Å²) >= 11 is 5.70. The molecule has 0 aliphatic heterocycles. The minimum atomic E-state index is -0.515. The van der Waals surface area contributed by atoms with Crippen molar-refractivity contribution in [3.63, 3.8) is 0 Å². The fraction of sp³-hybridized carbons (Fsp3) is 0.0625. The van der Waals surface area contributed by atoms with E-state index in [0.717, 1.165) is 11.1 Å². The van der Waals surface area contributed by atoms with E-state index in [-0.39, 0.29) is 10.8 Å². The van der Waals surface area contributed by atoms with Gasteiger partial charge in [0.15, 0.2) is 11.6 Å². The molecule has 3 nitrogen and oxygen atoms in total. The second-order valence-electron chi connectivity index (χ2n) is 4.77. The Bertz CT molecular complexity index is 814. The first-order valence-electron chi connectivity index (χ1n) is 6.34. The maximum Gasteiger partial charge on any atom is 0.177 e. The highest BCUT2D eigenvalue weighted by atomic mass is 35.5. The Labute approximate surface area is 126 Å². The van der Waals surface area contributed by atoms with Crippen molar-refractivity contribution < 1.29 is 8.91 Å². The molecule has 1 aromatic heterocycles. The van der Waals surface area contributed by atoms with Gasteiger partial charge in [0, 0.05) is 5.56 Å². The Balaban J connectivity index is 2.19. The SMILES string of the molecule is Cc1cccc(-c2c(N)noc2-c2ccc(Cl)c(F)c2)c1. The van der Waals surface area contributed by atoms with E-state index in [0.29, 0.717) is 16.9 Å². The molecule has 0 saturated heterocycles. The number of hydrogen-bond acceptors (Lipinski definition) is 3. The van der Waals surface area contributed by atoms with Gasteiger partial charge in [-0.2, -0.15) is 0 Å². The standard InChI is InChI=1S/C16H12ClFN2O/c1-9-3-2-4-10(7-9)14-15(21-20-16(14)19)11-5-6-12(17)13(18)8-11/h2-8H,1H3,(H2,19,20). The van der Waals surface area contributed by atoms with Gasteiger partial charge >= 0.3 is 0 Å². The molecule has 1 heterocycles. The van der Waals surface area contributed by atoms with Crippen LogP contribution in [-0.4, -0.2) is 5.16 Å². The van der Waals surface area contributed by atoms with E-state index in [9.17, 15) is 4.39 Å². The van der Waals surface area contributed by atoms with Gasteiger partial charge in [-0.15, -0.1) is 0 Å². The van der Waals surface area contributed by atoms with Crippen LogP contribution < -0.4 is 5.73 Å². The van der Waals surface area contributed by atoms with Crippen molar-refractivity contribution in [1.82, 2.24) is 5.16 Å². The summed E-state index contributed by atoms with van der Waals surface area (Å²) in [5.74, 6) is 0.180. The summed E-state index contributed by atoms with van der Waals surface area (Å²) in [6.45, 7) is 1.98. The molecule has 0 radical (unpaired) electrons. The van der Waals surface area contributed by atoms with Crippen molar-refractivity contribution in [1.29, 1.82) is 0 Å². The van der Waals surface area contributed by atoms with Crippen molar-refractivity contribution >= 4 is 17.4 Å². The number of nitrogen functional groups attached to an aromatic ring is 1.